The molecule has 0 spiro atoms. The van der Waals surface area contributed by atoms with Gasteiger partial charge in [0.2, 0.25) is 0 Å². The molecule has 0 aliphatic rings. The van der Waals surface area contributed by atoms with Gasteiger partial charge in [-0.2, -0.15) is 0 Å². The van der Waals surface area contributed by atoms with Crippen molar-refractivity contribution in [2.45, 2.75) is 6.42 Å². The maximum Gasteiger partial charge on any atom is 0.253 e. The average Bonchev–Trinajstić information content (AvgIpc) is 2.49. The zero-order chi connectivity index (χ0) is 14.4. The van der Waals surface area contributed by atoms with Crippen LogP contribution >= 0.6 is 0 Å². The Morgan fingerprint density at radius 1 is 1.10 bits per heavy atom. The molecule has 2 aromatic carbocycles. The van der Waals surface area contributed by atoms with Gasteiger partial charge in [0.1, 0.15) is 5.82 Å². The Morgan fingerprint density at radius 3 is 2.50 bits per heavy atom. The number of nitrogens with one attached hydrogen (secondary N) is 2. The molecular weight excluding hydrogens is 255 g/mol. The molecule has 0 atom stereocenters. The number of hydrogen-bond donors (Lipinski definition) is 2. The summed E-state index contributed by atoms with van der Waals surface area (Å²) in [6.07, 6.45) is 0.674. The molecule has 0 aliphatic heterocycles. The Kier molecular flexibility index (Phi) is 4.71. The molecule has 0 aromatic heterocycles. The number of carbonyl (C=O) groups excluding carboxylic acids is 1. The zero-order valence-electron chi connectivity index (χ0n) is 11.3. The van der Waals surface area contributed by atoms with E-state index in [0.29, 0.717) is 18.5 Å². The number of hydrogen-bond acceptors (Lipinski definition) is 2. The van der Waals surface area contributed by atoms with Crippen molar-refractivity contribution in [1.29, 1.82) is 0 Å². The molecule has 0 saturated heterocycles. The highest BCUT2D eigenvalue weighted by molar-refractivity contribution is 5.99. The van der Waals surface area contributed by atoms with Crippen LogP contribution in [-0.2, 0) is 6.42 Å². The van der Waals surface area contributed by atoms with Crippen molar-refractivity contribution < 1.29 is 9.18 Å². The number of rotatable bonds is 5. The van der Waals surface area contributed by atoms with Crippen LogP contribution in [0.4, 0.5) is 10.1 Å². The van der Waals surface area contributed by atoms with Gasteiger partial charge in [0.25, 0.3) is 5.91 Å². The van der Waals surface area contributed by atoms with Crippen LogP contribution in [0.1, 0.15) is 15.9 Å². The van der Waals surface area contributed by atoms with Gasteiger partial charge in [-0.1, -0.05) is 24.3 Å². The van der Waals surface area contributed by atoms with E-state index in [4.69, 9.17) is 0 Å². The van der Waals surface area contributed by atoms with Crippen molar-refractivity contribution in [2.24, 2.45) is 0 Å². The smallest absolute Gasteiger partial charge is 0.253 e. The molecule has 2 aromatic rings. The summed E-state index contributed by atoms with van der Waals surface area (Å²) in [6, 6.07) is 13.6. The lowest BCUT2D eigenvalue weighted by Crippen LogP contribution is -2.26. The molecule has 104 valence electrons. The van der Waals surface area contributed by atoms with Gasteiger partial charge >= 0.3 is 0 Å². The zero-order valence-corrected chi connectivity index (χ0v) is 11.3. The first-order valence-corrected chi connectivity index (χ1v) is 6.50. The second-order valence-electron chi connectivity index (χ2n) is 4.43. The fourth-order valence-electron chi connectivity index (χ4n) is 1.97. The van der Waals surface area contributed by atoms with Crippen molar-refractivity contribution in [3.63, 3.8) is 0 Å². The molecule has 2 N–H and O–H groups in total. The maximum atomic E-state index is 12.8. The Balaban J connectivity index is 1.90. The molecule has 2 rings (SSSR count). The number of carbonyl (C=O) groups is 1. The first-order chi connectivity index (χ1) is 9.70. The van der Waals surface area contributed by atoms with Gasteiger partial charge in [0.05, 0.1) is 5.56 Å². The summed E-state index contributed by atoms with van der Waals surface area (Å²) < 4.78 is 12.8. The lowest BCUT2D eigenvalue weighted by Gasteiger charge is -2.09. The summed E-state index contributed by atoms with van der Waals surface area (Å²) in [7, 11) is 1.78. The van der Waals surface area contributed by atoms with E-state index in [9.17, 15) is 9.18 Å². The van der Waals surface area contributed by atoms with Crippen LogP contribution in [0.2, 0.25) is 0 Å². The monoisotopic (exact) mass is 272 g/mol. The van der Waals surface area contributed by atoms with Crippen molar-refractivity contribution >= 4 is 11.6 Å². The molecule has 4 heteroatoms. The highest BCUT2D eigenvalue weighted by atomic mass is 19.1. The second kappa shape index (κ2) is 6.70. The summed E-state index contributed by atoms with van der Waals surface area (Å²) in [5.74, 6) is -0.363. The summed E-state index contributed by atoms with van der Waals surface area (Å²) in [6.45, 7) is 0.516. The van der Waals surface area contributed by atoms with Crippen molar-refractivity contribution in [3.05, 3.63) is 65.5 Å². The van der Waals surface area contributed by atoms with Crippen LogP contribution in [0, 0.1) is 5.82 Å². The van der Waals surface area contributed by atoms with E-state index in [1.54, 1.807) is 25.2 Å². The molecule has 3 nitrogen and oxygen atoms in total. The predicted molar refractivity (Wildman–Crippen MR) is 78.4 cm³/mol. The quantitative estimate of drug-likeness (QED) is 0.878. The van der Waals surface area contributed by atoms with Gasteiger partial charge in [0, 0.05) is 19.3 Å². The third-order valence-electron chi connectivity index (χ3n) is 3.05. The van der Waals surface area contributed by atoms with Gasteiger partial charge in [0.15, 0.2) is 0 Å². The van der Waals surface area contributed by atoms with E-state index in [1.165, 1.54) is 12.1 Å². The first-order valence-electron chi connectivity index (χ1n) is 6.50. The van der Waals surface area contributed by atoms with Gasteiger partial charge in [-0.25, -0.2) is 4.39 Å². The van der Waals surface area contributed by atoms with Crippen LogP contribution in [0.15, 0.2) is 48.5 Å². The first kappa shape index (κ1) is 14.1. The van der Waals surface area contributed by atoms with E-state index in [0.717, 1.165) is 11.3 Å². The van der Waals surface area contributed by atoms with Gasteiger partial charge in [-0.05, 0) is 36.2 Å². The normalized spacial score (nSPS) is 10.1. The number of benzene rings is 2. The van der Waals surface area contributed by atoms with E-state index >= 15 is 0 Å². The van der Waals surface area contributed by atoms with Crippen molar-refractivity contribution in [1.82, 2.24) is 5.32 Å². The molecule has 1 amide bonds. The van der Waals surface area contributed by atoms with E-state index in [1.807, 2.05) is 18.2 Å². The summed E-state index contributed by atoms with van der Waals surface area (Å²) in [5, 5.41) is 5.85. The molecule has 0 unspecified atom stereocenters. The Labute approximate surface area is 117 Å². The minimum Gasteiger partial charge on any atom is -0.387 e. The third-order valence-corrected chi connectivity index (χ3v) is 3.05. The topological polar surface area (TPSA) is 41.1 Å². The largest absolute Gasteiger partial charge is 0.387 e. The summed E-state index contributed by atoms with van der Waals surface area (Å²) >= 11 is 0. The molecule has 0 bridgehead atoms. The molecular formula is C16H17FN2O. The van der Waals surface area contributed by atoms with Gasteiger partial charge in [-0.15, -0.1) is 0 Å². The van der Waals surface area contributed by atoms with Crippen molar-refractivity contribution in [2.75, 3.05) is 18.9 Å². The SMILES string of the molecule is CNc1ccccc1C(=O)NCCc1ccc(F)cc1. The minimum atomic E-state index is -0.249. The van der Waals surface area contributed by atoms with Crippen LogP contribution < -0.4 is 10.6 Å². The van der Waals surface area contributed by atoms with Gasteiger partial charge < -0.3 is 10.6 Å². The highest BCUT2D eigenvalue weighted by Crippen LogP contribution is 2.13. The lowest BCUT2D eigenvalue weighted by molar-refractivity contribution is 0.0955. The Hall–Kier alpha value is -2.36. The number of anilines is 1. The molecule has 0 fully saturated rings. The average molecular weight is 272 g/mol. The van der Waals surface area contributed by atoms with E-state index in [-0.39, 0.29) is 11.7 Å². The van der Waals surface area contributed by atoms with Gasteiger partial charge in [-0.3, -0.25) is 4.79 Å². The molecule has 0 aliphatic carbocycles. The van der Waals surface area contributed by atoms with Crippen LogP contribution in [-0.4, -0.2) is 19.5 Å². The van der Waals surface area contributed by atoms with E-state index in [2.05, 4.69) is 10.6 Å². The van der Waals surface area contributed by atoms with Crippen molar-refractivity contribution in [3.8, 4) is 0 Å². The number of amides is 1. The standard InChI is InChI=1S/C16H17FN2O/c1-18-15-5-3-2-4-14(15)16(20)19-11-10-12-6-8-13(17)9-7-12/h2-9,18H,10-11H2,1H3,(H,19,20). The molecule has 0 saturated carbocycles. The van der Waals surface area contributed by atoms with E-state index < -0.39 is 0 Å². The number of halogens is 1. The minimum absolute atomic E-state index is 0.114. The summed E-state index contributed by atoms with van der Waals surface area (Å²) in [5.41, 5.74) is 2.41. The Bertz CT molecular complexity index is 581. The molecule has 0 heterocycles. The Morgan fingerprint density at radius 2 is 1.80 bits per heavy atom. The third kappa shape index (κ3) is 3.57. The highest BCUT2D eigenvalue weighted by Gasteiger charge is 2.08. The van der Waals surface area contributed by atoms with Crippen LogP contribution in [0.25, 0.3) is 0 Å². The number of para-hydroxylation sites is 1. The summed E-state index contributed by atoms with van der Waals surface area (Å²) in [4.78, 5) is 12.1. The molecule has 20 heavy (non-hydrogen) atoms. The maximum absolute atomic E-state index is 12.8. The van der Waals surface area contributed by atoms with Crippen LogP contribution in [0.5, 0.6) is 0 Å². The predicted octanol–water partition coefficient (Wildman–Crippen LogP) is 2.84. The fraction of sp³-hybridized carbons (Fsp3) is 0.188. The fourth-order valence-corrected chi connectivity index (χ4v) is 1.97. The van der Waals surface area contributed by atoms with Crippen LogP contribution in [0.3, 0.4) is 0 Å². The molecule has 0 radical (unpaired) electrons. The lowest BCUT2D eigenvalue weighted by atomic mass is 10.1. The second-order valence-corrected chi connectivity index (χ2v) is 4.43.